The first-order chi connectivity index (χ1) is 8.91. The van der Waals surface area contributed by atoms with Gasteiger partial charge in [-0.05, 0) is 30.2 Å². The Labute approximate surface area is 120 Å². The van der Waals surface area contributed by atoms with Crippen molar-refractivity contribution in [3.63, 3.8) is 0 Å². The van der Waals surface area contributed by atoms with E-state index >= 15 is 0 Å². The van der Waals surface area contributed by atoms with E-state index in [1.54, 1.807) is 0 Å². The molecule has 112 valence electrons. The van der Waals surface area contributed by atoms with Crippen LogP contribution in [0.2, 0.25) is 0 Å². The second kappa shape index (κ2) is 6.13. The summed E-state index contributed by atoms with van der Waals surface area (Å²) in [5, 5.41) is 3.82. The molecule has 3 atom stereocenters. The van der Waals surface area contributed by atoms with Crippen LogP contribution in [0.15, 0.2) is 0 Å². The number of piperazine rings is 1. The Morgan fingerprint density at radius 2 is 1.95 bits per heavy atom. The van der Waals surface area contributed by atoms with E-state index in [1.165, 1.54) is 45.3 Å². The molecule has 1 aliphatic heterocycles. The van der Waals surface area contributed by atoms with Gasteiger partial charge < -0.3 is 5.32 Å². The van der Waals surface area contributed by atoms with Gasteiger partial charge in [-0.2, -0.15) is 0 Å². The Balaban J connectivity index is 1.95. The number of hydrogen-bond acceptors (Lipinski definition) is 2. The number of hydrogen-bond donors (Lipinski definition) is 1. The number of nitrogens with one attached hydrogen (secondary N) is 1. The van der Waals surface area contributed by atoms with Crippen molar-refractivity contribution in [1.29, 1.82) is 0 Å². The summed E-state index contributed by atoms with van der Waals surface area (Å²) in [4.78, 5) is 2.80. The molecule has 0 aromatic heterocycles. The largest absolute Gasteiger partial charge is 0.311 e. The highest BCUT2D eigenvalue weighted by Gasteiger charge is 2.36. The molecule has 2 rings (SSSR count). The minimum Gasteiger partial charge on any atom is -0.311 e. The quantitative estimate of drug-likeness (QED) is 0.819. The van der Waals surface area contributed by atoms with Gasteiger partial charge in [0.1, 0.15) is 0 Å². The van der Waals surface area contributed by atoms with Gasteiger partial charge in [0, 0.05) is 25.2 Å². The molecule has 2 heteroatoms. The summed E-state index contributed by atoms with van der Waals surface area (Å²) in [6.07, 6.45) is 5.71. The van der Waals surface area contributed by atoms with Gasteiger partial charge in [0.15, 0.2) is 0 Å². The SMILES string of the molecule is CCC(C)C1CNC(C(C)(C)C)CN1CCC1CC1. The average molecular weight is 266 g/mol. The summed E-state index contributed by atoms with van der Waals surface area (Å²) < 4.78 is 0. The molecule has 2 aliphatic rings. The third-order valence-electron chi connectivity index (χ3n) is 5.33. The Morgan fingerprint density at radius 3 is 2.47 bits per heavy atom. The van der Waals surface area contributed by atoms with Gasteiger partial charge in [0.2, 0.25) is 0 Å². The first-order valence-electron chi connectivity index (χ1n) is 8.39. The highest BCUT2D eigenvalue weighted by atomic mass is 15.2. The maximum absolute atomic E-state index is 3.82. The van der Waals surface area contributed by atoms with Crippen molar-refractivity contribution >= 4 is 0 Å². The lowest BCUT2D eigenvalue weighted by atomic mass is 9.83. The Morgan fingerprint density at radius 1 is 1.26 bits per heavy atom. The van der Waals surface area contributed by atoms with Crippen molar-refractivity contribution in [3.8, 4) is 0 Å². The van der Waals surface area contributed by atoms with Crippen molar-refractivity contribution < 1.29 is 0 Å². The standard InChI is InChI=1S/C17H34N2/c1-6-13(2)15-11-18-16(17(3,4)5)12-19(15)10-9-14-7-8-14/h13-16,18H,6-12H2,1-5H3. The van der Waals surface area contributed by atoms with E-state index in [9.17, 15) is 0 Å². The van der Waals surface area contributed by atoms with E-state index in [0.717, 1.165) is 17.9 Å². The summed E-state index contributed by atoms with van der Waals surface area (Å²) >= 11 is 0. The molecular weight excluding hydrogens is 232 g/mol. The molecule has 3 unspecified atom stereocenters. The predicted molar refractivity (Wildman–Crippen MR) is 83.4 cm³/mol. The molecule has 0 spiro atoms. The van der Waals surface area contributed by atoms with Gasteiger partial charge in [0.25, 0.3) is 0 Å². The van der Waals surface area contributed by atoms with Crippen LogP contribution < -0.4 is 5.32 Å². The van der Waals surface area contributed by atoms with E-state index in [1.807, 2.05) is 0 Å². The molecule has 0 aromatic rings. The lowest BCUT2D eigenvalue weighted by Crippen LogP contribution is -2.61. The Kier molecular flexibility index (Phi) is 4.94. The van der Waals surface area contributed by atoms with Crippen LogP contribution >= 0.6 is 0 Å². The summed E-state index contributed by atoms with van der Waals surface area (Å²) in [6, 6.07) is 1.40. The second-order valence-corrected chi connectivity index (χ2v) is 8.01. The molecule has 0 amide bonds. The molecule has 0 aromatic carbocycles. The van der Waals surface area contributed by atoms with E-state index in [-0.39, 0.29) is 0 Å². The predicted octanol–water partition coefficient (Wildman–Crippen LogP) is 3.52. The van der Waals surface area contributed by atoms with Crippen LogP contribution in [-0.2, 0) is 0 Å². The van der Waals surface area contributed by atoms with Crippen LogP contribution in [0.25, 0.3) is 0 Å². The smallest absolute Gasteiger partial charge is 0.0246 e. The molecule has 19 heavy (non-hydrogen) atoms. The minimum atomic E-state index is 0.373. The van der Waals surface area contributed by atoms with Gasteiger partial charge in [-0.25, -0.2) is 0 Å². The molecule has 0 bridgehead atoms. The van der Waals surface area contributed by atoms with Crippen molar-refractivity contribution in [1.82, 2.24) is 10.2 Å². The zero-order chi connectivity index (χ0) is 14.0. The van der Waals surface area contributed by atoms with E-state index < -0.39 is 0 Å². The maximum Gasteiger partial charge on any atom is 0.0246 e. The van der Waals surface area contributed by atoms with E-state index in [4.69, 9.17) is 0 Å². The van der Waals surface area contributed by atoms with Crippen molar-refractivity contribution in [2.45, 2.75) is 72.4 Å². The summed E-state index contributed by atoms with van der Waals surface area (Å²) in [5.74, 6) is 1.87. The lowest BCUT2D eigenvalue weighted by Gasteiger charge is -2.47. The Bertz CT molecular complexity index is 277. The average Bonchev–Trinajstić information content (AvgIpc) is 3.18. The second-order valence-electron chi connectivity index (χ2n) is 8.01. The molecule has 0 radical (unpaired) electrons. The highest BCUT2D eigenvalue weighted by molar-refractivity contribution is 4.93. The normalized spacial score (nSPS) is 31.4. The zero-order valence-corrected chi connectivity index (χ0v) is 13.7. The van der Waals surface area contributed by atoms with Crippen LogP contribution in [-0.4, -0.2) is 36.6 Å². The fourth-order valence-corrected chi connectivity index (χ4v) is 3.25. The zero-order valence-electron chi connectivity index (χ0n) is 13.7. The molecule has 1 heterocycles. The summed E-state index contributed by atoms with van der Waals surface area (Å²) in [5.41, 5.74) is 0.373. The summed E-state index contributed by atoms with van der Waals surface area (Å²) in [6.45, 7) is 15.6. The molecule has 1 aliphatic carbocycles. The molecule has 2 fully saturated rings. The first-order valence-corrected chi connectivity index (χ1v) is 8.39. The van der Waals surface area contributed by atoms with Gasteiger partial charge in [0.05, 0.1) is 0 Å². The third-order valence-corrected chi connectivity index (χ3v) is 5.33. The van der Waals surface area contributed by atoms with Gasteiger partial charge >= 0.3 is 0 Å². The molecule has 1 saturated heterocycles. The van der Waals surface area contributed by atoms with Crippen LogP contribution in [0.5, 0.6) is 0 Å². The summed E-state index contributed by atoms with van der Waals surface area (Å²) in [7, 11) is 0. The number of nitrogens with zero attached hydrogens (tertiary/aromatic N) is 1. The van der Waals surface area contributed by atoms with Crippen molar-refractivity contribution in [2.24, 2.45) is 17.3 Å². The fourth-order valence-electron chi connectivity index (χ4n) is 3.25. The first kappa shape index (κ1) is 15.3. The highest BCUT2D eigenvalue weighted by Crippen LogP contribution is 2.34. The maximum atomic E-state index is 3.82. The lowest BCUT2D eigenvalue weighted by molar-refractivity contribution is 0.0563. The van der Waals surface area contributed by atoms with Crippen molar-refractivity contribution in [3.05, 3.63) is 0 Å². The van der Waals surface area contributed by atoms with Crippen LogP contribution in [0.4, 0.5) is 0 Å². The van der Waals surface area contributed by atoms with Crippen LogP contribution in [0, 0.1) is 17.3 Å². The van der Waals surface area contributed by atoms with Crippen molar-refractivity contribution in [2.75, 3.05) is 19.6 Å². The van der Waals surface area contributed by atoms with E-state index in [2.05, 4.69) is 44.8 Å². The topological polar surface area (TPSA) is 15.3 Å². The minimum absolute atomic E-state index is 0.373. The molecule has 1 saturated carbocycles. The van der Waals surface area contributed by atoms with Crippen LogP contribution in [0.1, 0.15) is 60.3 Å². The van der Waals surface area contributed by atoms with Gasteiger partial charge in [-0.15, -0.1) is 0 Å². The molecule has 2 nitrogen and oxygen atoms in total. The fraction of sp³-hybridized carbons (Fsp3) is 1.00. The third kappa shape index (κ3) is 4.19. The Hall–Kier alpha value is -0.0800. The monoisotopic (exact) mass is 266 g/mol. The van der Waals surface area contributed by atoms with Gasteiger partial charge in [-0.3, -0.25) is 4.90 Å². The molecular formula is C17H34N2. The van der Waals surface area contributed by atoms with E-state index in [0.29, 0.717) is 11.5 Å². The van der Waals surface area contributed by atoms with Crippen LogP contribution in [0.3, 0.4) is 0 Å². The molecule has 1 N–H and O–H groups in total. The number of rotatable bonds is 5. The van der Waals surface area contributed by atoms with Gasteiger partial charge in [-0.1, -0.05) is 53.9 Å².